The predicted octanol–water partition coefficient (Wildman–Crippen LogP) is 1.86. The molecule has 0 unspecified atom stereocenters. The fourth-order valence-corrected chi connectivity index (χ4v) is 2.13. The Morgan fingerprint density at radius 2 is 2.27 bits per heavy atom. The summed E-state index contributed by atoms with van der Waals surface area (Å²) < 4.78 is 5.48. The summed E-state index contributed by atoms with van der Waals surface area (Å²) >= 11 is 1.69. The van der Waals surface area contributed by atoms with Gasteiger partial charge in [-0.1, -0.05) is 6.92 Å². The molecular formula is C10H13N3OS. The zero-order valence-corrected chi connectivity index (χ0v) is 9.38. The molecule has 80 valence electrons. The average molecular weight is 223 g/mol. The molecule has 5 heteroatoms. The van der Waals surface area contributed by atoms with Crippen LogP contribution in [0.5, 0.6) is 0 Å². The Kier molecular flexibility index (Phi) is 3.13. The van der Waals surface area contributed by atoms with Crippen molar-refractivity contribution in [2.75, 3.05) is 6.54 Å². The van der Waals surface area contributed by atoms with Crippen molar-refractivity contribution in [2.24, 2.45) is 5.73 Å². The van der Waals surface area contributed by atoms with Gasteiger partial charge in [0.15, 0.2) is 0 Å². The van der Waals surface area contributed by atoms with Crippen molar-refractivity contribution in [1.82, 2.24) is 10.2 Å². The van der Waals surface area contributed by atoms with E-state index in [2.05, 4.69) is 23.2 Å². The van der Waals surface area contributed by atoms with Gasteiger partial charge in [-0.05, 0) is 18.6 Å². The van der Waals surface area contributed by atoms with Gasteiger partial charge in [-0.2, -0.15) is 0 Å². The third-order valence-electron chi connectivity index (χ3n) is 2.05. The first-order valence-electron chi connectivity index (χ1n) is 4.95. The summed E-state index contributed by atoms with van der Waals surface area (Å²) in [6.07, 6.45) is 1.67. The van der Waals surface area contributed by atoms with Crippen LogP contribution in [0.4, 0.5) is 0 Å². The summed E-state index contributed by atoms with van der Waals surface area (Å²) in [6.45, 7) is 2.66. The zero-order valence-electron chi connectivity index (χ0n) is 8.56. The van der Waals surface area contributed by atoms with Crippen molar-refractivity contribution in [3.8, 4) is 10.8 Å². The van der Waals surface area contributed by atoms with Crippen molar-refractivity contribution >= 4 is 11.3 Å². The minimum atomic E-state index is 0.534. The fourth-order valence-electron chi connectivity index (χ4n) is 1.26. The molecule has 15 heavy (non-hydrogen) atoms. The second kappa shape index (κ2) is 4.55. The zero-order chi connectivity index (χ0) is 10.7. The lowest BCUT2D eigenvalue weighted by Gasteiger charge is -1.88. The van der Waals surface area contributed by atoms with Crippen LogP contribution in [0.25, 0.3) is 10.8 Å². The number of thiophene rings is 1. The van der Waals surface area contributed by atoms with Crippen LogP contribution >= 0.6 is 11.3 Å². The lowest BCUT2D eigenvalue weighted by Crippen LogP contribution is -2.02. The number of nitrogens with two attached hydrogens (primary N) is 1. The van der Waals surface area contributed by atoms with E-state index in [1.807, 2.05) is 6.07 Å². The quantitative estimate of drug-likeness (QED) is 0.859. The second-order valence-electron chi connectivity index (χ2n) is 3.16. The van der Waals surface area contributed by atoms with Gasteiger partial charge in [-0.15, -0.1) is 21.5 Å². The van der Waals surface area contributed by atoms with Crippen LogP contribution in [-0.2, 0) is 12.8 Å². The monoisotopic (exact) mass is 223 g/mol. The van der Waals surface area contributed by atoms with Crippen molar-refractivity contribution < 1.29 is 4.42 Å². The lowest BCUT2D eigenvalue weighted by molar-refractivity contribution is 0.508. The molecule has 2 aromatic heterocycles. The van der Waals surface area contributed by atoms with Gasteiger partial charge < -0.3 is 10.2 Å². The highest BCUT2D eigenvalue weighted by Crippen LogP contribution is 2.27. The van der Waals surface area contributed by atoms with Crippen molar-refractivity contribution in [3.63, 3.8) is 0 Å². The highest BCUT2D eigenvalue weighted by Gasteiger charge is 2.09. The molecule has 0 fully saturated rings. The molecule has 0 aliphatic carbocycles. The third-order valence-corrected chi connectivity index (χ3v) is 3.26. The Hall–Kier alpha value is -1.20. The van der Waals surface area contributed by atoms with Gasteiger partial charge in [-0.25, -0.2) is 0 Å². The molecule has 0 saturated carbocycles. The molecule has 2 rings (SSSR count). The summed E-state index contributed by atoms with van der Waals surface area (Å²) in [4.78, 5) is 2.35. The summed E-state index contributed by atoms with van der Waals surface area (Å²) in [7, 11) is 0. The highest BCUT2D eigenvalue weighted by atomic mass is 32.1. The van der Waals surface area contributed by atoms with Gasteiger partial charge in [0.2, 0.25) is 5.89 Å². The van der Waals surface area contributed by atoms with Gasteiger partial charge in [0.25, 0.3) is 5.89 Å². The molecule has 4 nitrogen and oxygen atoms in total. The number of hydrogen-bond donors (Lipinski definition) is 1. The van der Waals surface area contributed by atoms with E-state index in [4.69, 9.17) is 10.2 Å². The molecule has 0 atom stereocenters. The van der Waals surface area contributed by atoms with Gasteiger partial charge >= 0.3 is 0 Å². The number of rotatable bonds is 4. The maximum atomic E-state index is 5.48. The Morgan fingerprint density at radius 3 is 2.93 bits per heavy atom. The SMILES string of the molecule is CCc1ccc(-c2nnc(CCN)o2)s1. The molecule has 0 saturated heterocycles. The van der Waals surface area contributed by atoms with Crippen molar-refractivity contribution in [1.29, 1.82) is 0 Å². The van der Waals surface area contributed by atoms with Crippen LogP contribution in [0, 0.1) is 0 Å². The number of aryl methyl sites for hydroxylation is 1. The molecule has 0 aromatic carbocycles. The molecular weight excluding hydrogens is 210 g/mol. The molecule has 0 aliphatic heterocycles. The number of hydrogen-bond acceptors (Lipinski definition) is 5. The van der Waals surface area contributed by atoms with Crippen LogP contribution in [0.2, 0.25) is 0 Å². The number of nitrogens with zero attached hydrogens (tertiary/aromatic N) is 2. The summed E-state index contributed by atoms with van der Waals surface area (Å²) in [5.41, 5.74) is 5.41. The van der Waals surface area contributed by atoms with E-state index in [-0.39, 0.29) is 0 Å². The van der Waals surface area contributed by atoms with Crippen LogP contribution in [0.1, 0.15) is 17.7 Å². The fraction of sp³-hybridized carbons (Fsp3) is 0.400. The molecule has 0 spiro atoms. The molecule has 2 N–H and O–H groups in total. The molecule has 0 radical (unpaired) electrons. The van der Waals surface area contributed by atoms with Crippen molar-refractivity contribution in [3.05, 3.63) is 22.9 Å². The molecule has 2 aromatic rings. The summed E-state index contributed by atoms with van der Waals surface area (Å²) in [5.74, 6) is 1.21. The summed E-state index contributed by atoms with van der Waals surface area (Å²) in [6, 6.07) is 4.11. The Balaban J connectivity index is 2.21. The maximum absolute atomic E-state index is 5.48. The first-order chi connectivity index (χ1) is 7.33. The smallest absolute Gasteiger partial charge is 0.257 e. The van der Waals surface area contributed by atoms with Crippen LogP contribution in [-0.4, -0.2) is 16.7 Å². The molecule has 0 amide bonds. The predicted molar refractivity (Wildman–Crippen MR) is 59.7 cm³/mol. The van der Waals surface area contributed by atoms with E-state index in [0.717, 1.165) is 11.3 Å². The van der Waals surface area contributed by atoms with E-state index in [9.17, 15) is 0 Å². The van der Waals surface area contributed by atoms with Crippen LogP contribution in [0.3, 0.4) is 0 Å². The maximum Gasteiger partial charge on any atom is 0.257 e. The second-order valence-corrected chi connectivity index (χ2v) is 4.33. The largest absolute Gasteiger partial charge is 0.420 e. The Labute approximate surface area is 92.1 Å². The summed E-state index contributed by atoms with van der Waals surface area (Å²) in [5, 5.41) is 7.92. The normalized spacial score (nSPS) is 10.8. The number of aromatic nitrogens is 2. The standard InChI is InChI=1S/C10H13N3OS/c1-2-7-3-4-8(15-7)10-13-12-9(14-10)5-6-11/h3-4H,2,5-6,11H2,1H3. The Bertz CT molecular complexity index is 435. The van der Waals surface area contributed by atoms with E-state index >= 15 is 0 Å². The van der Waals surface area contributed by atoms with E-state index in [1.165, 1.54) is 4.88 Å². The molecule has 0 aliphatic rings. The molecule has 2 heterocycles. The van der Waals surface area contributed by atoms with Crippen LogP contribution in [0.15, 0.2) is 16.5 Å². The van der Waals surface area contributed by atoms with Gasteiger partial charge in [0.1, 0.15) is 0 Å². The van der Waals surface area contributed by atoms with E-state index < -0.39 is 0 Å². The van der Waals surface area contributed by atoms with E-state index in [1.54, 1.807) is 11.3 Å². The first kappa shape index (κ1) is 10.3. The first-order valence-corrected chi connectivity index (χ1v) is 5.76. The van der Waals surface area contributed by atoms with Crippen LogP contribution < -0.4 is 5.73 Å². The van der Waals surface area contributed by atoms with Gasteiger partial charge in [0, 0.05) is 17.8 Å². The van der Waals surface area contributed by atoms with E-state index in [0.29, 0.717) is 24.7 Å². The minimum absolute atomic E-state index is 0.534. The average Bonchev–Trinajstić information content (AvgIpc) is 2.85. The Morgan fingerprint density at radius 1 is 1.40 bits per heavy atom. The highest BCUT2D eigenvalue weighted by molar-refractivity contribution is 7.15. The molecule has 0 bridgehead atoms. The lowest BCUT2D eigenvalue weighted by atomic mass is 10.4. The topological polar surface area (TPSA) is 64.9 Å². The van der Waals surface area contributed by atoms with Crippen molar-refractivity contribution in [2.45, 2.75) is 19.8 Å². The van der Waals surface area contributed by atoms with Gasteiger partial charge in [-0.3, -0.25) is 0 Å². The third kappa shape index (κ3) is 2.24. The van der Waals surface area contributed by atoms with Gasteiger partial charge in [0.05, 0.1) is 4.88 Å². The minimum Gasteiger partial charge on any atom is -0.420 e.